The average molecular weight is 557 g/mol. The molecular weight excluding hydrogens is 530 g/mol. The predicted octanol–water partition coefficient (Wildman–Crippen LogP) is -7.01. The summed E-state index contributed by atoms with van der Waals surface area (Å²) < 4.78 is 8.79. The van der Waals surface area contributed by atoms with Gasteiger partial charge in [0.25, 0.3) is 23.4 Å². The van der Waals surface area contributed by atoms with E-state index in [1.54, 1.807) is 0 Å². The van der Waals surface area contributed by atoms with E-state index in [1.807, 2.05) is 0 Å². The quantitative estimate of drug-likeness (QED) is 0.118. The van der Waals surface area contributed by atoms with Crippen LogP contribution in [0.1, 0.15) is 31.4 Å². The minimum atomic E-state index is -4.81. The molecule has 19 heteroatoms. The van der Waals surface area contributed by atoms with Crippen LogP contribution in [0.3, 0.4) is 0 Å². The van der Waals surface area contributed by atoms with Crippen molar-refractivity contribution in [3.8, 4) is 23.0 Å². The summed E-state index contributed by atoms with van der Waals surface area (Å²) in [7, 11) is 0.665. The number of methoxy groups -OCH3 is 1. The third kappa shape index (κ3) is 3.38. The molecule has 1 saturated heterocycles. The standard InChI is InChI=1S/C19H27NO18/c1-5(2)4-13(24)12(23)16(28,29)14(25)6-7(15(26,27)18(32,33)20(14)17(13,30)31)9(22)10(37-3)11(8(6)21)38-19(34,35)36/h5,21-22,24-36H,4H2,1-3H3. The highest BCUT2D eigenvalue weighted by Crippen LogP contribution is 2.65. The Kier molecular flexibility index (Phi) is 6.36. The number of aliphatic hydroxyl groups is 13. The van der Waals surface area contributed by atoms with Gasteiger partial charge in [0.2, 0.25) is 23.0 Å². The molecule has 1 fully saturated rings. The summed E-state index contributed by atoms with van der Waals surface area (Å²) in [6.45, 7) is 2.53. The number of rotatable bonds is 5. The molecule has 38 heavy (non-hydrogen) atoms. The van der Waals surface area contributed by atoms with Crippen LogP contribution in [-0.2, 0) is 16.3 Å². The molecule has 1 aromatic rings. The molecule has 0 radical (unpaired) electrons. The highest BCUT2D eigenvalue weighted by Gasteiger charge is 2.86. The van der Waals surface area contributed by atoms with E-state index >= 15 is 0 Å². The summed E-state index contributed by atoms with van der Waals surface area (Å²) in [5, 5.41) is 158. The number of nitrogens with zero attached hydrogens (tertiary/aromatic N) is 1. The molecule has 0 spiro atoms. The lowest BCUT2D eigenvalue weighted by atomic mass is 9.66. The van der Waals surface area contributed by atoms with Crippen molar-refractivity contribution in [2.45, 2.75) is 61.1 Å². The van der Waals surface area contributed by atoms with Crippen LogP contribution in [0.15, 0.2) is 0 Å². The zero-order valence-corrected chi connectivity index (χ0v) is 19.7. The predicted molar refractivity (Wildman–Crippen MR) is 109 cm³/mol. The van der Waals surface area contributed by atoms with Crippen LogP contribution in [0.4, 0.5) is 0 Å². The molecule has 0 aliphatic carbocycles. The Hall–Kier alpha value is -2.47. The monoisotopic (exact) mass is 557 g/mol. The van der Waals surface area contributed by atoms with Crippen LogP contribution in [0, 0.1) is 5.92 Å². The number of ether oxygens (including phenoxy) is 2. The number of phenols is 2. The fraction of sp³-hybridized carbons (Fsp3) is 0.632. The van der Waals surface area contributed by atoms with E-state index in [-0.39, 0.29) is 0 Å². The number of aromatic hydroxyl groups is 2. The van der Waals surface area contributed by atoms with E-state index in [1.165, 1.54) is 13.8 Å². The zero-order valence-electron chi connectivity index (χ0n) is 19.7. The number of carbonyl (C=O) groups is 1. The SMILES string of the molecule is COc1c(O)c2c(c(O)c1OC(O)(O)O)C1(O)N(C(O)(O)C(O)(CC(C)C)C(=O)C1(O)O)C(O)(O)C2(O)O. The first-order valence-electron chi connectivity index (χ1n) is 10.4. The second-order valence-corrected chi connectivity index (χ2v) is 9.40. The average Bonchev–Trinajstić information content (AvgIpc) is 2.71. The summed E-state index contributed by atoms with van der Waals surface area (Å²) in [5.74, 6) is -28.8. The number of fused-ring (bicyclic) bond motifs is 3. The third-order valence-electron chi connectivity index (χ3n) is 6.35. The smallest absolute Gasteiger partial charge is 0.453 e. The van der Waals surface area contributed by atoms with Gasteiger partial charge in [-0.1, -0.05) is 13.8 Å². The van der Waals surface area contributed by atoms with Crippen molar-refractivity contribution < 1.29 is 90.9 Å². The van der Waals surface area contributed by atoms with Crippen molar-refractivity contribution in [3.63, 3.8) is 0 Å². The van der Waals surface area contributed by atoms with Crippen molar-refractivity contribution in [2.24, 2.45) is 5.92 Å². The molecule has 2 aliphatic heterocycles. The van der Waals surface area contributed by atoms with Gasteiger partial charge in [0.1, 0.15) is 0 Å². The molecule has 15 N–H and O–H groups in total. The summed E-state index contributed by atoms with van der Waals surface area (Å²) >= 11 is 0. The number of phenolic OH excluding ortho intramolecular Hbond substituents is 2. The van der Waals surface area contributed by atoms with E-state index in [9.17, 15) is 81.4 Å². The van der Waals surface area contributed by atoms with E-state index in [4.69, 9.17) is 0 Å². The summed E-state index contributed by atoms with van der Waals surface area (Å²) in [6, 6.07) is 0. The van der Waals surface area contributed by atoms with Crippen molar-refractivity contribution >= 4 is 5.78 Å². The minimum Gasteiger partial charge on any atom is -0.504 e. The van der Waals surface area contributed by atoms with Gasteiger partial charge in [-0.3, -0.25) is 4.79 Å². The molecular formula is C19H27NO18. The molecule has 2 unspecified atom stereocenters. The molecule has 19 nitrogen and oxygen atoms in total. The van der Waals surface area contributed by atoms with Gasteiger partial charge in [-0.05, 0) is 12.3 Å². The molecule has 2 heterocycles. The Balaban J connectivity index is 2.64. The van der Waals surface area contributed by atoms with Crippen molar-refractivity contribution in [3.05, 3.63) is 11.1 Å². The maximum atomic E-state index is 13.1. The molecule has 0 amide bonds. The maximum absolute atomic E-state index is 13.1. The fourth-order valence-corrected chi connectivity index (χ4v) is 4.82. The normalized spacial score (nSPS) is 29.6. The molecule has 2 aliphatic rings. The van der Waals surface area contributed by atoms with Gasteiger partial charge in [0.15, 0.2) is 17.1 Å². The van der Waals surface area contributed by atoms with Crippen LogP contribution >= 0.6 is 0 Å². The lowest BCUT2D eigenvalue weighted by molar-refractivity contribution is -0.559. The van der Waals surface area contributed by atoms with Crippen molar-refractivity contribution in [1.82, 2.24) is 4.90 Å². The first-order valence-corrected chi connectivity index (χ1v) is 10.4. The second kappa shape index (κ2) is 8.03. The second-order valence-electron chi connectivity index (χ2n) is 9.40. The number of piperidine rings is 1. The number of Topliss-reactive ketones (excluding diaryl/α,β-unsaturated/α-hetero) is 1. The van der Waals surface area contributed by atoms with E-state index in [0.29, 0.717) is 7.11 Å². The van der Waals surface area contributed by atoms with Gasteiger partial charge in [0, 0.05) is 0 Å². The Labute approximate surface area is 210 Å². The number of carbonyl (C=O) groups excluding carboxylic acids is 1. The van der Waals surface area contributed by atoms with Gasteiger partial charge in [-0.25, -0.2) is 0 Å². The van der Waals surface area contributed by atoms with E-state index < -0.39 is 98.0 Å². The lowest BCUT2D eigenvalue weighted by Gasteiger charge is -2.65. The Bertz CT molecular complexity index is 1170. The summed E-state index contributed by atoms with van der Waals surface area (Å²) in [6.07, 6.45) is -5.35. The number of benzene rings is 1. The summed E-state index contributed by atoms with van der Waals surface area (Å²) in [5.41, 5.74) is -12.4. The van der Waals surface area contributed by atoms with Crippen LogP contribution < -0.4 is 9.47 Å². The molecule has 0 saturated carbocycles. The molecule has 3 rings (SSSR count). The van der Waals surface area contributed by atoms with Crippen molar-refractivity contribution in [2.75, 3.05) is 7.11 Å². The molecule has 0 aromatic heterocycles. The number of ketones is 1. The third-order valence-corrected chi connectivity index (χ3v) is 6.35. The van der Waals surface area contributed by atoms with Gasteiger partial charge >= 0.3 is 6.16 Å². The first kappa shape index (κ1) is 30.1. The van der Waals surface area contributed by atoms with Crippen LogP contribution in [0.5, 0.6) is 23.0 Å². The van der Waals surface area contributed by atoms with Gasteiger partial charge in [-0.2, -0.15) is 4.90 Å². The Morgan fingerprint density at radius 3 is 1.68 bits per heavy atom. The van der Waals surface area contributed by atoms with E-state index in [2.05, 4.69) is 9.47 Å². The molecule has 2 atom stereocenters. The molecule has 0 bridgehead atoms. The van der Waals surface area contributed by atoms with E-state index in [0.717, 1.165) is 0 Å². The van der Waals surface area contributed by atoms with Gasteiger partial charge < -0.3 is 86.1 Å². The van der Waals surface area contributed by atoms with Crippen LogP contribution in [0.25, 0.3) is 0 Å². The highest BCUT2D eigenvalue weighted by atomic mass is 16.9. The van der Waals surface area contributed by atoms with Gasteiger partial charge in [-0.15, -0.1) is 0 Å². The first-order chi connectivity index (χ1) is 16.8. The topological polar surface area (TPSA) is 342 Å². The number of hydrogen-bond acceptors (Lipinski definition) is 19. The number of hydrogen-bond donors (Lipinski definition) is 15. The van der Waals surface area contributed by atoms with Crippen LogP contribution in [-0.4, -0.2) is 124 Å². The minimum absolute atomic E-state index is 0.665. The largest absolute Gasteiger partial charge is 0.504 e. The fourth-order valence-electron chi connectivity index (χ4n) is 4.82. The van der Waals surface area contributed by atoms with Gasteiger partial charge in [0.05, 0.1) is 18.2 Å². The Morgan fingerprint density at radius 2 is 1.26 bits per heavy atom. The van der Waals surface area contributed by atoms with Crippen molar-refractivity contribution in [1.29, 1.82) is 0 Å². The summed E-state index contributed by atoms with van der Waals surface area (Å²) in [4.78, 5) is 11.9. The Morgan fingerprint density at radius 1 is 0.789 bits per heavy atom. The van der Waals surface area contributed by atoms with Crippen LogP contribution in [0.2, 0.25) is 0 Å². The molecule has 216 valence electrons. The molecule has 1 aromatic carbocycles. The maximum Gasteiger partial charge on any atom is 0.453 e. The zero-order chi connectivity index (χ0) is 29.8. The lowest BCUT2D eigenvalue weighted by Crippen LogP contribution is -2.92. The highest BCUT2D eigenvalue weighted by molar-refractivity contribution is 5.97.